The summed E-state index contributed by atoms with van der Waals surface area (Å²) in [5.41, 5.74) is 4.73. The third-order valence-corrected chi connectivity index (χ3v) is 4.59. The van der Waals surface area contributed by atoms with Crippen LogP contribution in [0.3, 0.4) is 0 Å². The summed E-state index contributed by atoms with van der Waals surface area (Å²) in [5.74, 6) is 0.686. The van der Waals surface area contributed by atoms with Crippen molar-refractivity contribution < 1.29 is 9.53 Å². The SMILES string of the molecule is Cc1nc2ccc(C(=O)N3c4ccccc4OCC3C)cc2nc1C. The summed E-state index contributed by atoms with van der Waals surface area (Å²) < 4.78 is 5.73. The van der Waals surface area contributed by atoms with E-state index in [9.17, 15) is 4.79 Å². The Morgan fingerprint density at radius 3 is 2.60 bits per heavy atom. The second-order valence-electron chi connectivity index (χ2n) is 6.40. The number of para-hydroxylation sites is 2. The number of ether oxygens (including phenoxy) is 1. The van der Waals surface area contributed by atoms with Crippen molar-refractivity contribution in [3.63, 3.8) is 0 Å². The number of benzene rings is 2. The van der Waals surface area contributed by atoms with Crippen molar-refractivity contribution in [2.75, 3.05) is 11.5 Å². The molecule has 1 unspecified atom stereocenters. The average Bonchev–Trinajstić information content (AvgIpc) is 2.62. The molecule has 126 valence electrons. The van der Waals surface area contributed by atoms with Crippen molar-refractivity contribution >= 4 is 22.6 Å². The van der Waals surface area contributed by atoms with Gasteiger partial charge < -0.3 is 4.74 Å². The summed E-state index contributed by atoms with van der Waals surface area (Å²) in [6, 6.07) is 13.1. The normalized spacial score (nSPS) is 16.4. The van der Waals surface area contributed by atoms with Gasteiger partial charge in [-0.25, -0.2) is 9.97 Å². The van der Waals surface area contributed by atoms with Crippen LogP contribution in [0, 0.1) is 13.8 Å². The van der Waals surface area contributed by atoms with Gasteiger partial charge >= 0.3 is 0 Å². The molecule has 0 fully saturated rings. The van der Waals surface area contributed by atoms with Crippen molar-refractivity contribution in [2.24, 2.45) is 0 Å². The summed E-state index contributed by atoms with van der Waals surface area (Å²) >= 11 is 0. The first-order valence-electron chi connectivity index (χ1n) is 8.35. The van der Waals surface area contributed by atoms with Crippen LogP contribution in [0.2, 0.25) is 0 Å². The number of amides is 1. The topological polar surface area (TPSA) is 55.3 Å². The number of aromatic nitrogens is 2. The predicted octanol–water partition coefficient (Wildman–Crippen LogP) is 3.67. The van der Waals surface area contributed by atoms with Gasteiger partial charge in [-0.05, 0) is 51.1 Å². The molecule has 0 spiro atoms. The van der Waals surface area contributed by atoms with Gasteiger partial charge in [0.2, 0.25) is 0 Å². The van der Waals surface area contributed by atoms with Crippen molar-refractivity contribution in [1.82, 2.24) is 9.97 Å². The number of hydrogen-bond acceptors (Lipinski definition) is 4. The van der Waals surface area contributed by atoms with Crippen LogP contribution in [0.25, 0.3) is 11.0 Å². The van der Waals surface area contributed by atoms with Crippen LogP contribution in [-0.4, -0.2) is 28.5 Å². The summed E-state index contributed by atoms with van der Waals surface area (Å²) in [5, 5.41) is 0. The second kappa shape index (κ2) is 5.84. The van der Waals surface area contributed by atoms with Crippen LogP contribution >= 0.6 is 0 Å². The molecule has 0 radical (unpaired) electrons. The van der Waals surface area contributed by atoms with E-state index < -0.39 is 0 Å². The molecule has 4 rings (SSSR count). The van der Waals surface area contributed by atoms with Crippen LogP contribution in [-0.2, 0) is 0 Å². The zero-order valence-corrected chi connectivity index (χ0v) is 14.5. The predicted molar refractivity (Wildman–Crippen MR) is 97.2 cm³/mol. The highest BCUT2D eigenvalue weighted by Gasteiger charge is 2.30. The molecular formula is C20H19N3O2. The van der Waals surface area contributed by atoms with Crippen molar-refractivity contribution in [2.45, 2.75) is 26.8 Å². The summed E-state index contributed by atoms with van der Waals surface area (Å²) in [4.78, 5) is 24.1. The zero-order valence-electron chi connectivity index (χ0n) is 14.5. The highest BCUT2D eigenvalue weighted by molar-refractivity contribution is 6.08. The lowest BCUT2D eigenvalue weighted by atomic mass is 10.1. The van der Waals surface area contributed by atoms with Crippen molar-refractivity contribution in [3.05, 3.63) is 59.4 Å². The number of aryl methyl sites for hydroxylation is 2. The second-order valence-corrected chi connectivity index (χ2v) is 6.40. The van der Waals surface area contributed by atoms with Crippen molar-refractivity contribution in [1.29, 1.82) is 0 Å². The minimum absolute atomic E-state index is 0.0380. The fourth-order valence-electron chi connectivity index (χ4n) is 3.11. The minimum atomic E-state index is -0.0508. The standard InChI is InChI=1S/C20H19N3O2/c1-12-11-25-19-7-5-4-6-18(19)23(12)20(24)15-8-9-16-17(10-15)22-14(3)13(2)21-16/h4-10,12H,11H2,1-3H3. The van der Waals surface area contributed by atoms with Gasteiger partial charge in [-0.2, -0.15) is 0 Å². The maximum Gasteiger partial charge on any atom is 0.258 e. The molecule has 5 heteroatoms. The van der Waals surface area contributed by atoms with Crippen LogP contribution in [0.4, 0.5) is 5.69 Å². The monoisotopic (exact) mass is 333 g/mol. The Hall–Kier alpha value is -2.95. The van der Waals surface area contributed by atoms with E-state index in [1.165, 1.54) is 0 Å². The van der Waals surface area contributed by atoms with E-state index in [1.54, 1.807) is 4.90 Å². The molecule has 3 aromatic rings. The molecule has 25 heavy (non-hydrogen) atoms. The van der Waals surface area contributed by atoms with E-state index in [-0.39, 0.29) is 11.9 Å². The molecule has 1 aromatic heterocycles. The number of nitrogens with zero attached hydrogens (tertiary/aromatic N) is 3. The molecule has 1 aliphatic rings. The Bertz CT molecular complexity index is 984. The largest absolute Gasteiger partial charge is 0.489 e. The number of carbonyl (C=O) groups is 1. The van der Waals surface area contributed by atoms with Crippen LogP contribution in [0.1, 0.15) is 28.7 Å². The molecule has 5 nitrogen and oxygen atoms in total. The first-order chi connectivity index (χ1) is 12.0. The van der Waals surface area contributed by atoms with E-state index in [4.69, 9.17) is 4.74 Å². The Labute approximate surface area is 146 Å². The number of hydrogen-bond donors (Lipinski definition) is 0. The fraction of sp³-hybridized carbons (Fsp3) is 0.250. The highest BCUT2D eigenvalue weighted by Crippen LogP contribution is 2.34. The summed E-state index contributed by atoms with van der Waals surface area (Å²) in [7, 11) is 0. The van der Waals surface area contributed by atoms with Gasteiger partial charge in [0.1, 0.15) is 12.4 Å². The van der Waals surface area contributed by atoms with Crippen LogP contribution in [0.5, 0.6) is 5.75 Å². The van der Waals surface area contributed by atoms with Gasteiger partial charge in [0, 0.05) is 5.56 Å². The number of fused-ring (bicyclic) bond motifs is 2. The van der Waals surface area contributed by atoms with E-state index in [0.29, 0.717) is 12.2 Å². The van der Waals surface area contributed by atoms with Crippen molar-refractivity contribution in [3.8, 4) is 5.75 Å². The van der Waals surface area contributed by atoms with Gasteiger partial charge in [-0.1, -0.05) is 12.1 Å². The van der Waals surface area contributed by atoms with Gasteiger partial charge in [0.05, 0.1) is 34.2 Å². The Balaban J connectivity index is 1.78. The average molecular weight is 333 g/mol. The molecular weight excluding hydrogens is 314 g/mol. The molecule has 0 aliphatic carbocycles. The molecule has 1 atom stereocenters. The van der Waals surface area contributed by atoms with E-state index in [1.807, 2.05) is 63.2 Å². The molecule has 0 bridgehead atoms. The first kappa shape index (κ1) is 15.6. The molecule has 2 heterocycles. The van der Waals surface area contributed by atoms with Crippen LogP contribution in [0.15, 0.2) is 42.5 Å². The van der Waals surface area contributed by atoms with Gasteiger partial charge in [-0.15, -0.1) is 0 Å². The number of rotatable bonds is 1. The first-order valence-corrected chi connectivity index (χ1v) is 8.35. The number of carbonyl (C=O) groups excluding carboxylic acids is 1. The fourth-order valence-corrected chi connectivity index (χ4v) is 3.11. The maximum atomic E-state index is 13.2. The molecule has 1 aliphatic heterocycles. The zero-order chi connectivity index (χ0) is 17.6. The quantitative estimate of drug-likeness (QED) is 0.682. The molecule has 2 aromatic carbocycles. The number of anilines is 1. The summed E-state index contributed by atoms with van der Waals surface area (Å²) in [6.07, 6.45) is 0. The van der Waals surface area contributed by atoms with E-state index in [2.05, 4.69) is 9.97 Å². The Morgan fingerprint density at radius 1 is 1.08 bits per heavy atom. The molecule has 0 saturated heterocycles. The van der Waals surface area contributed by atoms with Crippen LogP contribution < -0.4 is 9.64 Å². The highest BCUT2D eigenvalue weighted by atomic mass is 16.5. The molecule has 0 saturated carbocycles. The minimum Gasteiger partial charge on any atom is -0.489 e. The maximum absolute atomic E-state index is 13.2. The Kier molecular flexibility index (Phi) is 3.64. The van der Waals surface area contributed by atoms with E-state index >= 15 is 0 Å². The lowest BCUT2D eigenvalue weighted by Crippen LogP contribution is -2.45. The Morgan fingerprint density at radius 2 is 1.80 bits per heavy atom. The summed E-state index contributed by atoms with van der Waals surface area (Å²) in [6.45, 7) is 6.33. The third kappa shape index (κ3) is 2.61. The lowest BCUT2D eigenvalue weighted by Gasteiger charge is -2.35. The van der Waals surface area contributed by atoms with E-state index in [0.717, 1.165) is 33.9 Å². The van der Waals surface area contributed by atoms with Gasteiger partial charge in [0.15, 0.2) is 0 Å². The van der Waals surface area contributed by atoms with Gasteiger partial charge in [0.25, 0.3) is 5.91 Å². The third-order valence-electron chi connectivity index (χ3n) is 4.59. The van der Waals surface area contributed by atoms with Gasteiger partial charge in [-0.3, -0.25) is 9.69 Å². The smallest absolute Gasteiger partial charge is 0.258 e. The molecule has 1 amide bonds. The molecule has 0 N–H and O–H groups in total. The lowest BCUT2D eigenvalue weighted by molar-refractivity contribution is 0.0961.